The Morgan fingerprint density at radius 3 is 2.21 bits per heavy atom. The topological polar surface area (TPSA) is 70.9 Å². The molecule has 0 heterocycles. The molecule has 0 unspecified atom stereocenters. The van der Waals surface area contributed by atoms with Crippen LogP contribution >= 0.6 is 0 Å². The van der Waals surface area contributed by atoms with Crippen LogP contribution in [0.15, 0.2) is 17.3 Å². The first kappa shape index (κ1) is 15.1. The molecule has 0 aliphatic rings. The van der Waals surface area contributed by atoms with Crippen LogP contribution in [0.25, 0.3) is 0 Å². The van der Waals surface area contributed by atoms with E-state index in [2.05, 4.69) is 9.91 Å². The number of benzene rings is 1. The molecule has 0 aliphatic heterocycles. The van der Waals surface area contributed by atoms with Gasteiger partial charge in [-0.15, -0.1) is 4.91 Å². The van der Waals surface area contributed by atoms with Crippen molar-refractivity contribution in [1.82, 2.24) is 0 Å². The van der Waals surface area contributed by atoms with Crippen LogP contribution in [-0.4, -0.2) is 18.5 Å². The van der Waals surface area contributed by atoms with Gasteiger partial charge in [0, 0.05) is 5.56 Å². The molecule has 1 rings (SSSR count). The second-order valence-electron chi connectivity index (χ2n) is 3.35. The Balaban J connectivity index is 3.51. The molecule has 10 heteroatoms. The molecule has 0 amide bonds. The van der Waals surface area contributed by atoms with Crippen LogP contribution in [0.1, 0.15) is 5.56 Å². The second kappa shape index (κ2) is 4.96. The smallest absolute Gasteiger partial charge is 0.458 e. The van der Waals surface area contributed by atoms with Crippen LogP contribution in [0.4, 0.5) is 33.3 Å². The Bertz CT molecular complexity index is 489. The van der Waals surface area contributed by atoms with Gasteiger partial charge in [-0.05, 0) is 17.3 Å². The lowest BCUT2D eigenvalue weighted by Crippen LogP contribution is -2.33. The van der Waals surface area contributed by atoms with Gasteiger partial charge >= 0.3 is 12.1 Å². The quantitative estimate of drug-likeness (QED) is 0.504. The van der Waals surface area contributed by atoms with Gasteiger partial charge in [0.05, 0.1) is 7.11 Å². The van der Waals surface area contributed by atoms with Crippen molar-refractivity contribution in [3.05, 3.63) is 22.6 Å². The number of anilines is 1. The van der Waals surface area contributed by atoms with Crippen molar-refractivity contribution in [3.63, 3.8) is 0 Å². The van der Waals surface area contributed by atoms with Gasteiger partial charge in [0.15, 0.2) is 11.4 Å². The van der Waals surface area contributed by atoms with Crippen LogP contribution in [0.5, 0.6) is 5.75 Å². The highest BCUT2D eigenvalue weighted by atomic mass is 19.4. The predicted octanol–water partition coefficient (Wildman–Crippen LogP) is 3.55. The van der Waals surface area contributed by atoms with Gasteiger partial charge < -0.3 is 4.74 Å². The highest BCUT2D eigenvalue weighted by Crippen LogP contribution is 2.47. The largest absolute Gasteiger partial charge is 0.492 e. The fraction of sp³-hybridized carbons (Fsp3) is 0.333. The van der Waals surface area contributed by atoms with Gasteiger partial charge in [-0.25, -0.2) is 0 Å². The van der Waals surface area contributed by atoms with E-state index in [1.165, 1.54) is 5.48 Å². The molecule has 0 bridgehead atoms. The molecule has 0 radical (unpaired) electrons. The minimum atomic E-state index is -5.85. The molecule has 0 saturated carbocycles. The van der Waals surface area contributed by atoms with Gasteiger partial charge in [0.2, 0.25) is 0 Å². The Hall–Kier alpha value is -1.97. The molecule has 106 valence electrons. The minimum Gasteiger partial charge on any atom is -0.492 e. The van der Waals surface area contributed by atoms with Crippen molar-refractivity contribution in [2.45, 2.75) is 12.1 Å². The molecule has 1 aromatic carbocycles. The highest BCUT2D eigenvalue weighted by molar-refractivity contribution is 5.70. The van der Waals surface area contributed by atoms with Crippen molar-refractivity contribution in [1.29, 1.82) is 0 Å². The van der Waals surface area contributed by atoms with Crippen LogP contribution in [-0.2, 0) is 5.92 Å². The zero-order valence-electron chi connectivity index (χ0n) is 9.26. The van der Waals surface area contributed by atoms with E-state index in [1.807, 2.05) is 0 Å². The zero-order chi connectivity index (χ0) is 14.8. The summed E-state index contributed by atoms with van der Waals surface area (Å²) in [6.45, 7) is 0. The molecule has 2 N–H and O–H groups in total. The van der Waals surface area contributed by atoms with Gasteiger partial charge in [-0.3, -0.25) is 10.7 Å². The third-order valence-electron chi connectivity index (χ3n) is 2.21. The van der Waals surface area contributed by atoms with E-state index in [4.69, 9.17) is 5.21 Å². The van der Waals surface area contributed by atoms with Gasteiger partial charge in [-0.2, -0.15) is 22.0 Å². The van der Waals surface area contributed by atoms with E-state index >= 15 is 0 Å². The minimum absolute atomic E-state index is 0.236. The predicted molar refractivity (Wildman–Crippen MR) is 53.8 cm³/mol. The summed E-state index contributed by atoms with van der Waals surface area (Å²) in [5.41, 5.74) is -1.63. The van der Waals surface area contributed by atoms with E-state index in [0.717, 1.165) is 7.11 Å². The number of nitrogens with zero attached hydrogens (tertiary/aromatic N) is 1. The van der Waals surface area contributed by atoms with Crippen LogP contribution in [0.2, 0.25) is 0 Å². The molecule has 0 spiro atoms. The summed E-state index contributed by atoms with van der Waals surface area (Å²) in [4.78, 5) is 10.4. The lowest BCUT2D eigenvalue weighted by molar-refractivity contribution is -0.289. The summed E-state index contributed by atoms with van der Waals surface area (Å²) in [6, 6.07) is 0.543. The monoisotopic (exact) mass is 286 g/mol. The van der Waals surface area contributed by atoms with Gasteiger partial charge in [-0.1, -0.05) is 0 Å². The molecule has 0 atom stereocenters. The lowest BCUT2D eigenvalue weighted by Gasteiger charge is -2.21. The average Bonchev–Trinajstić information content (AvgIpc) is 2.35. The lowest BCUT2D eigenvalue weighted by atomic mass is 10.1. The molecule has 0 aliphatic carbocycles. The van der Waals surface area contributed by atoms with Crippen molar-refractivity contribution in [2.24, 2.45) is 5.18 Å². The summed E-state index contributed by atoms with van der Waals surface area (Å²) in [5, 5.41) is 10.9. The Labute approximate surface area is 102 Å². The number of nitrogens with one attached hydrogen (secondary N) is 1. The number of ether oxygens (including phenoxy) is 1. The number of hydrogen-bond acceptors (Lipinski definition) is 5. The summed E-state index contributed by atoms with van der Waals surface area (Å²) < 4.78 is 67.4. The molecular weight excluding hydrogens is 279 g/mol. The summed E-state index contributed by atoms with van der Waals surface area (Å²) in [5.74, 6) is -5.66. The molecule has 0 saturated heterocycles. The molecule has 5 nitrogen and oxygen atoms in total. The van der Waals surface area contributed by atoms with E-state index in [1.54, 1.807) is 0 Å². The Morgan fingerprint density at radius 1 is 1.26 bits per heavy atom. The Kier molecular flexibility index (Phi) is 3.94. The maximum atomic E-state index is 13.1. The standard InChI is InChI=1S/C9H7F5N2O3/c1-19-7-5(15-17)2-4(3-6(7)16-18)8(10,11)9(12,13)14/h2-3,15,17H,1H3. The van der Waals surface area contributed by atoms with Crippen molar-refractivity contribution in [2.75, 3.05) is 12.6 Å². The number of hydrogen-bond donors (Lipinski definition) is 2. The first-order chi connectivity index (χ1) is 8.68. The number of nitroso groups, excluding NO2 is 1. The van der Waals surface area contributed by atoms with Crippen molar-refractivity contribution in [3.8, 4) is 5.75 Å². The van der Waals surface area contributed by atoms with Crippen LogP contribution in [0, 0.1) is 4.91 Å². The number of alkyl halides is 5. The molecule has 0 fully saturated rings. The first-order valence-electron chi connectivity index (χ1n) is 4.59. The van der Waals surface area contributed by atoms with Gasteiger partial charge in [0.1, 0.15) is 5.69 Å². The zero-order valence-corrected chi connectivity index (χ0v) is 9.26. The summed E-state index contributed by atoms with van der Waals surface area (Å²) >= 11 is 0. The normalized spacial score (nSPS) is 12.2. The summed E-state index contributed by atoms with van der Waals surface area (Å²) in [6.07, 6.45) is -5.85. The summed E-state index contributed by atoms with van der Waals surface area (Å²) in [7, 11) is 1.02. The second-order valence-corrected chi connectivity index (χ2v) is 3.35. The fourth-order valence-corrected chi connectivity index (χ4v) is 1.32. The molecule has 19 heavy (non-hydrogen) atoms. The number of methoxy groups -OCH3 is 1. The molecular formula is C9H7F5N2O3. The van der Waals surface area contributed by atoms with E-state index in [-0.39, 0.29) is 6.07 Å². The first-order valence-corrected chi connectivity index (χ1v) is 4.59. The molecule has 1 aromatic rings. The third kappa shape index (κ3) is 2.57. The fourth-order valence-electron chi connectivity index (χ4n) is 1.32. The van der Waals surface area contributed by atoms with Crippen LogP contribution < -0.4 is 10.2 Å². The van der Waals surface area contributed by atoms with E-state index < -0.39 is 34.8 Å². The maximum absolute atomic E-state index is 13.1. The third-order valence-corrected chi connectivity index (χ3v) is 2.21. The SMILES string of the molecule is COc1c(N=O)cc(C(F)(F)C(F)(F)F)cc1NO. The van der Waals surface area contributed by atoms with E-state index in [0.29, 0.717) is 6.07 Å². The van der Waals surface area contributed by atoms with E-state index in [9.17, 15) is 26.9 Å². The number of rotatable bonds is 4. The number of halogens is 5. The highest BCUT2D eigenvalue weighted by Gasteiger charge is 2.59. The average molecular weight is 286 g/mol. The van der Waals surface area contributed by atoms with Crippen molar-refractivity contribution < 1.29 is 31.9 Å². The Morgan fingerprint density at radius 2 is 1.84 bits per heavy atom. The molecule has 0 aromatic heterocycles. The van der Waals surface area contributed by atoms with Crippen molar-refractivity contribution >= 4 is 11.4 Å². The maximum Gasteiger partial charge on any atom is 0.458 e. The van der Waals surface area contributed by atoms with Gasteiger partial charge in [0.25, 0.3) is 0 Å². The van der Waals surface area contributed by atoms with Crippen LogP contribution in [0.3, 0.4) is 0 Å².